The lowest BCUT2D eigenvalue weighted by molar-refractivity contribution is -0.141. The van der Waals surface area contributed by atoms with Crippen LogP contribution in [0.25, 0.3) is 11.3 Å². The molecule has 1 nitrogen and oxygen atoms in total. The average molecular weight is 272 g/mol. The van der Waals surface area contributed by atoms with Gasteiger partial charge in [0.05, 0.1) is 5.69 Å². The van der Waals surface area contributed by atoms with E-state index < -0.39 is 11.9 Å². The van der Waals surface area contributed by atoms with Gasteiger partial charge < -0.3 is 0 Å². The molecule has 18 heavy (non-hydrogen) atoms. The van der Waals surface area contributed by atoms with E-state index >= 15 is 0 Å². The summed E-state index contributed by atoms with van der Waals surface area (Å²) < 4.78 is 37.6. The number of hydrogen-bond donors (Lipinski definition) is 0. The van der Waals surface area contributed by atoms with E-state index in [2.05, 4.69) is 4.98 Å². The van der Waals surface area contributed by atoms with Gasteiger partial charge in [-0.3, -0.25) is 0 Å². The van der Waals surface area contributed by atoms with E-state index in [-0.39, 0.29) is 0 Å². The maximum Gasteiger partial charge on any atom is 0.433 e. The Hall–Kier alpha value is -1.55. The molecule has 2 rings (SSSR count). The van der Waals surface area contributed by atoms with Crippen LogP contribution in [0.3, 0.4) is 0 Å². The summed E-state index contributed by atoms with van der Waals surface area (Å²) in [5.41, 5.74) is 0.953. The highest BCUT2D eigenvalue weighted by Crippen LogP contribution is 2.29. The van der Waals surface area contributed by atoms with Crippen molar-refractivity contribution in [1.82, 2.24) is 4.98 Å². The highest BCUT2D eigenvalue weighted by molar-refractivity contribution is 6.17. The van der Waals surface area contributed by atoms with Crippen molar-refractivity contribution in [3.05, 3.63) is 53.7 Å². The molecule has 0 saturated carbocycles. The molecule has 0 fully saturated rings. The van der Waals surface area contributed by atoms with Crippen LogP contribution in [0.2, 0.25) is 0 Å². The fraction of sp³-hybridized carbons (Fsp3) is 0.154. The second-order valence-corrected chi connectivity index (χ2v) is 4.00. The minimum absolute atomic E-state index is 0.297. The SMILES string of the molecule is FC(F)(F)c1cccc(-c2ccc(CCl)cc2)n1. The Morgan fingerprint density at radius 2 is 1.67 bits per heavy atom. The molecule has 0 aliphatic heterocycles. The third kappa shape index (κ3) is 2.82. The van der Waals surface area contributed by atoms with Gasteiger partial charge in [-0.05, 0) is 17.7 Å². The number of benzene rings is 1. The van der Waals surface area contributed by atoms with Crippen LogP contribution in [0.5, 0.6) is 0 Å². The van der Waals surface area contributed by atoms with Crippen molar-refractivity contribution in [3.63, 3.8) is 0 Å². The van der Waals surface area contributed by atoms with Crippen LogP contribution in [0, 0.1) is 0 Å². The summed E-state index contributed by atoms with van der Waals surface area (Å²) in [5, 5.41) is 0. The first-order chi connectivity index (χ1) is 8.50. The maximum absolute atomic E-state index is 12.5. The molecule has 0 radical (unpaired) electrons. The topological polar surface area (TPSA) is 12.9 Å². The Balaban J connectivity index is 2.38. The van der Waals surface area contributed by atoms with Gasteiger partial charge >= 0.3 is 6.18 Å². The highest BCUT2D eigenvalue weighted by Gasteiger charge is 2.32. The zero-order chi connectivity index (χ0) is 13.2. The summed E-state index contributed by atoms with van der Waals surface area (Å²) in [6.07, 6.45) is -4.42. The summed E-state index contributed by atoms with van der Waals surface area (Å²) in [7, 11) is 0. The molecule has 2 aromatic rings. The van der Waals surface area contributed by atoms with Gasteiger partial charge in [0.15, 0.2) is 0 Å². The van der Waals surface area contributed by atoms with Crippen LogP contribution < -0.4 is 0 Å². The monoisotopic (exact) mass is 271 g/mol. The first-order valence-electron chi connectivity index (χ1n) is 5.20. The second-order valence-electron chi connectivity index (χ2n) is 3.74. The van der Waals surface area contributed by atoms with Gasteiger partial charge in [0, 0.05) is 11.4 Å². The fourth-order valence-corrected chi connectivity index (χ4v) is 1.70. The molecule has 0 N–H and O–H groups in total. The molecule has 1 aromatic carbocycles. The largest absolute Gasteiger partial charge is 0.433 e. The number of hydrogen-bond acceptors (Lipinski definition) is 1. The number of halogens is 4. The number of pyridine rings is 1. The number of rotatable bonds is 2. The number of nitrogens with zero attached hydrogens (tertiary/aromatic N) is 1. The minimum Gasteiger partial charge on any atom is -0.243 e. The van der Waals surface area contributed by atoms with Gasteiger partial charge in [0.1, 0.15) is 5.69 Å². The Kier molecular flexibility index (Phi) is 3.57. The lowest BCUT2D eigenvalue weighted by atomic mass is 10.1. The van der Waals surface area contributed by atoms with Gasteiger partial charge in [-0.1, -0.05) is 30.3 Å². The molecular formula is C13H9ClF3N. The zero-order valence-electron chi connectivity index (χ0n) is 9.21. The molecule has 0 saturated heterocycles. The fourth-order valence-electron chi connectivity index (χ4n) is 1.52. The predicted octanol–water partition coefficient (Wildman–Crippen LogP) is 4.51. The first kappa shape index (κ1) is 12.9. The first-order valence-corrected chi connectivity index (χ1v) is 5.73. The Bertz CT molecular complexity index is 535. The average Bonchev–Trinajstić information content (AvgIpc) is 2.38. The smallest absolute Gasteiger partial charge is 0.243 e. The van der Waals surface area contributed by atoms with Gasteiger partial charge in [0.2, 0.25) is 0 Å². The van der Waals surface area contributed by atoms with Gasteiger partial charge in [-0.25, -0.2) is 4.98 Å². The van der Waals surface area contributed by atoms with E-state index in [1.807, 2.05) is 0 Å². The molecule has 0 aliphatic rings. The number of alkyl halides is 4. The minimum atomic E-state index is -4.42. The molecule has 0 atom stereocenters. The lowest BCUT2D eigenvalue weighted by Gasteiger charge is -2.08. The summed E-state index contributed by atoms with van der Waals surface area (Å²) in [4.78, 5) is 3.61. The third-order valence-electron chi connectivity index (χ3n) is 2.44. The van der Waals surface area contributed by atoms with Crippen LogP contribution in [0.15, 0.2) is 42.5 Å². The maximum atomic E-state index is 12.5. The standard InChI is InChI=1S/C13H9ClF3N/c14-8-9-4-6-10(7-5-9)11-2-1-3-12(18-11)13(15,16)17/h1-7H,8H2. The number of aromatic nitrogens is 1. The summed E-state index contributed by atoms with van der Waals surface area (Å²) in [6.45, 7) is 0. The van der Waals surface area contributed by atoms with Crippen LogP contribution in [-0.2, 0) is 12.1 Å². The van der Waals surface area contributed by atoms with Crippen molar-refractivity contribution in [3.8, 4) is 11.3 Å². The van der Waals surface area contributed by atoms with Crippen molar-refractivity contribution < 1.29 is 13.2 Å². The van der Waals surface area contributed by atoms with Gasteiger partial charge in [-0.2, -0.15) is 13.2 Å². The molecule has 1 aromatic heterocycles. The molecule has 0 aliphatic carbocycles. The quantitative estimate of drug-likeness (QED) is 0.733. The van der Waals surface area contributed by atoms with Gasteiger partial charge in [0.25, 0.3) is 0 Å². The van der Waals surface area contributed by atoms with Crippen molar-refractivity contribution >= 4 is 11.6 Å². The summed E-state index contributed by atoms with van der Waals surface area (Å²) >= 11 is 5.65. The van der Waals surface area contributed by atoms with Crippen molar-refractivity contribution in [2.45, 2.75) is 12.1 Å². The molecule has 0 unspecified atom stereocenters. The third-order valence-corrected chi connectivity index (χ3v) is 2.75. The second kappa shape index (κ2) is 4.98. The van der Waals surface area contributed by atoms with E-state index in [1.165, 1.54) is 6.07 Å². The van der Waals surface area contributed by atoms with Crippen LogP contribution in [0.4, 0.5) is 13.2 Å². The highest BCUT2D eigenvalue weighted by atomic mass is 35.5. The molecule has 1 heterocycles. The molecule has 0 bridgehead atoms. The van der Waals surface area contributed by atoms with Crippen molar-refractivity contribution in [2.24, 2.45) is 0 Å². The van der Waals surface area contributed by atoms with E-state index in [1.54, 1.807) is 30.3 Å². The Morgan fingerprint density at radius 1 is 1.00 bits per heavy atom. The molecule has 0 spiro atoms. The molecular weight excluding hydrogens is 263 g/mol. The molecule has 94 valence electrons. The summed E-state index contributed by atoms with van der Waals surface area (Å²) in [6, 6.07) is 10.8. The van der Waals surface area contributed by atoms with Gasteiger partial charge in [-0.15, -0.1) is 11.6 Å². The zero-order valence-corrected chi connectivity index (χ0v) is 9.96. The predicted molar refractivity (Wildman–Crippen MR) is 64.2 cm³/mol. The Morgan fingerprint density at radius 3 is 2.22 bits per heavy atom. The van der Waals surface area contributed by atoms with E-state index in [9.17, 15) is 13.2 Å². The Labute approximate surface area is 107 Å². The van der Waals surface area contributed by atoms with Crippen LogP contribution in [0.1, 0.15) is 11.3 Å². The van der Waals surface area contributed by atoms with E-state index in [0.717, 1.165) is 11.6 Å². The normalized spacial score (nSPS) is 11.6. The van der Waals surface area contributed by atoms with Crippen molar-refractivity contribution in [1.29, 1.82) is 0 Å². The van der Waals surface area contributed by atoms with Crippen LogP contribution in [-0.4, -0.2) is 4.98 Å². The molecule has 0 amide bonds. The van der Waals surface area contributed by atoms with Crippen LogP contribution >= 0.6 is 11.6 Å². The van der Waals surface area contributed by atoms with E-state index in [0.29, 0.717) is 17.1 Å². The van der Waals surface area contributed by atoms with E-state index in [4.69, 9.17) is 11.6 Å². The lowest BCUT2D eigenvalue weighted by Crippen LogP contribution is -2.07. The summed E-state index contributed by atoms with van der Waals surface area (Å²) in [5.74, 6) is 0.371. The van der Waals surface area contributed by atoms with Crippen molar-refractivity contribution in [2.75, 3.05) is 0 Å². The molecule has 5 heteroatoms.